The Morgan fingerprint density at radius 2 is 1.75 bits per heavy atom. The number of hydrogen-bond donors (Lipinski definition) is 1. The van der Waals surface area contributed by atoms with Gasteiger partial charge in [-0.15, -0.1) is 0 Å². The van der Waals surface area contributed by atoms with Crippen molar-refractivity contribution >= 4 is 11.9 Å². The minimum absolute atomic E-state index is 0.0952. The van der Waals surface area contributed by atoms with E-state index in [0.29, 0.717) is 23.6 Å². The molecule has 0 aliphatic carbocycles. The van der Waals surface area contributed by atoms with Crippen LogP contribution in [0.5, 0.6) is 11.5 Å². The van der Waals surface area contributed by atoms with Gasteiger partial charge in [-0.3, -0.25) is 4.79 Å². The van der Waals surface area contributed by atoms with E-state index in [9.17, 15) is 9.59 Å². The summed E-state index contributed by atoms with van der Waals surface area (Å²) >= 11 is 0. The highest BCUT2D eigenvalue weighted by molar-refractivity contribution is 5.89. The van der Waals surface area contributed by atoms with Crippen molar-refractivity contribution in [1.82, 2.24) is 5.32 Å². The maximum atomic E-state index is 12.1. The van der Waals surface area contributed by atoms with E-state index in [0.717, 1.165) is 11.1 Å². The number of benzene rings is 2. The van der Waals surface area contributed by atoms with Gasteiger partial charge in [-0.05, 0) is 35.4 Å². The van der Waals surface area contributed by atoms with Crippen LogP contribution in [0, 0.1) is 0 Å². The van der Waals surface area contributed by atoms with Crippen molar-refractivity contribution in [3.8, 4) is 11.5 Å². The van der Waals surface area contributed by atoms with Gasteiger partial charge in [0.25, 0.3) is 0 Å². The predicted octanol–water partition coefficient (Wildman–Crippen LogP) is 2.41. The quantitative estimate of drug-likeness (QED) is 0.854. The molecule has 1 aliphatic heterocycles. The van der Waals surface area contributed by atoms with Crippen molar-refractivity contribution in [3.63, 3.8) is 0 Å². The number of carbonyl (C=O) groups is 2. The second-order valence-electron chi connectivity index (χ2n) is 5.37. The first-order valence-electron chi connectivity index (χ1n) is 7.51. The molecule has 3 rings (SSSR count). The van der Waals surface area contributed by atoms with Crippen LogP contribution in [0.25, 0.3) is 0 Å². The van der Waals surface area contributed by atoms with Gasteiger partial charge >= 0.3 is 5.97 Å². The Kier molecular flexibility index (Phi) is 4.65. The molecule has 1 N–H and O–H groups in total. The Morgan fingerprint density at radius 3 is 2.50 bits per heavy atom. The molecule has 0 saturated carbocycles. The summed E-state index contributed by atoms with van der Waals surface area (Å²) in [6.45, 7) is 2.26. The lowest BCUT2D eigenvalue weighted by Crippen LogP contribution is -2.18. The van der Waals surface area contributed by atoms with Crippen molar-refractivity contribution in [2.75, 3.05) is 6.79 Å². The molecule has 0 atom stereocenters. The highest BCUT2D eigenvalue weighted by Crippen LogP contribution is 2.32. The summed E-state index contributed by atoms with van der Waals surface area (Å²) in [6, 6.07) is 12.4. The number of carbonyl (C=O) groups excluding carboxylic acids is 2. The van der Waals surface area contributed by atoms with Crippen LogP contribution in [0.1, 0.15) is 28.4 Å². The molecule has 124 valence electrons. The maximum Gasteiger partial charge on any atom is 0.338 e. The molecular formula is C18H17NO5. The number of nitrogens with one attached hydrogen (secondary N) is 1. The summed E-state index contributed by atoms with van der Waals surface area (Å²) in [5.74, 6) is 0.853. The van der Waals surface area contributed by atoms with Gasteiger partial charge in [0.15, 0.2) is 11.5 Å². The summed E-state index contributed by atoms with van der Waals surface area (Å²) in [7, 11) is 0. The second-order valence-corrected chi connectivity index (χ2v) is 5.37. The van der Waals surface area contributed by atoms with Crippen LogP contribution in [0.15, 0.2) is 42.5 Å². The number of hydrogen-bond acceptors (Lipinski definition) is 5. The van der Waals surface area contributed by atoms with Gasteiger partial charge in [-0.25, -0.2) is 4.79 Å². The number of rotatable bonds is 5. The van der Waals surface area contributed by atoms with E-state index in [2.05, 4.69) is 5.32 Å². The van der Waals surface area contributed by atoms with Crippen molar-refractivity contribution in [1.29, 1.82) is 0 Å². The molecular weight excluding hydrogens is 310 g/mol. The van der Waals surface area contributed by atoms with E-state index in [1.165, 1.54) is 6.92 Å². The van der Waals surface area contributed by atoms with Crippen LogP contribution in [-0.4, -0.2) is 18.7 Å². The summed E-state index contributed by atoms with van der Waals surface area (Å²) in [5, 5.41) is 2.70. The van der Waals surface area contributed by atoms with Crippen LogP contribution < -0.4 is 14.8 Å². The fourth-order valence-corrected chi connectivity index (χ4v) is 2.25. The smallest absolute Gasteiger partial charge is 0.338 e. The lowest BCUT2D eigenvalue weighted by Gasteiger charge is -2.07. The van der Waals surface area contributed by atoms with Crippen molar-refractivity contribution < 1.29 is 23.8 Å². The van der Waals surface area contributed by atoms with Gasteiger partial charge in [0.2, 0.25) is 12.7 Å². The van der Waals surface area contributed by atoms with E-state index < -0.39 is 5.97 Å². The molecule has 0 unspecified atom stereocenters. The summed E-state index contributed by atoms with van der Waals surface area (Å²) in [6.07, 6.45) is 0. The third-order valence-electron chi connectivity index (χ3n) is 3.54. The van der Waals surface area contributed by atoms with Gasteiger partial charge < -0.3 is 19.5 Å². The first-order valence-corrected chi connectivity index (χ1v) is 7.51. The number of ether oxygens (including phenoxy) is 3. The van der Waals surface area contributed by atoms with Gasteiger partial charge in [-0.2, -0.15) is 0 Å². The molecule has 2 aromatic rings. The predicted molar refractivity (Wildman–Crippen MR) is 85.6 cm³/mol. The van der Waals surface area contributed by atoms with Gasteiger partial charge in [0.1, 0.15) is 6.61 Å². The zero-order valence-corrected chi connectivity index (χ0v) is 13.2. The molecule has 0 aromatic heterocycles. The highest BCUT2D eigenvalue weighted by atomic mass is 16.7. The molecule has 1 amide bonds. The topological polar surface area (TPSA) is 73.9 Å². The van der Waals surface area contributed by atoms with Crippen molar-refractivity contribution in [2.45, 2.75) is 20.1 Å². The van der Waals surface area contributed by atoms with Gasteiger partial charge in [0, 0.05) is 13.5 Å². The molecule has 6 heteroatoms. The fraction of sp³-hybridized carbons (Fsp3) is 0.222. The Bertz CT molecular complexity index is 755. The average molecular weight is 327 g/mol. The molecule has 24 heavy (non-hydrogen) atoms. The lowest BCUT2D eigenvalue weighted by atomic mass is 10.1. The molecule has 1 heterocycles. The van der Waals surface area contributed by atoms with Gasteiger partial charge in [-0.1, -0.05) is 18.2 Å². The standard InChI is InChI=1S/C18H17NO5/c1-12(20)19-9-13-2-5-15(6-3-13)18(21)22-10-14-4-7-16-17(8-14)24-11-23-16/h2-8H,9-11H2,1H3,(H,19,20). The van der Waals surface area contributed by atoms with Gasteiger partial charge in [0.05, 0.1) is 5.56 Å². The molecule has 0 spiro atoms. The first-order chi connectivity index (χ1) is 11.6. The summed E-state index contributed by atoms with van der Waals surface area (Å²) in [5.41, 5.74) is 2.20. The van der Waals surface area contributed by atoms with Crippen LogP contribution in [0.3, 0.4) is 0 Å². The molecule has 0 bridgehead atoms. The Labute approximate surface area is 139 Å². The molecule has 1 aliphatic rings. The normalized spacial score (nSPS) is 11.9. The number of fused-ring (bicyclic) bond motifs is 1. The second kappa shape index (κ2) is 7.04. The summed E-state index contributed by atoms with van der Waals surface area (Å²) in [4.78, 5) is 23.0. The van der Waals surface area contributed by atoms with Crippen molar-refractivity contribution in [3.05, 3.63) is 59.2 Å². The van der Waals surface area contributed by atoms with Crippen LogP contribution in [0.2, 0.25) is 0 Å². The molecule has 2 aromatic carbocycles. The maximum absolute atomic E-state index is 12.1. The molecule has 6 nitrogen and oxygen atoms in total. The zero-order chi connectivity index (χ0) is 16.9. The SMILES string of the molecule is CC(=O)NCc1ccc(C(=O)OCc2ccc3c(c2)OCO3)cc1. The minimum atomic E-state index is -0.404. The van der Waals surface area contributed by atoms with Crippen LogP contribution >= 0.6 is 0 Å². The third-order valence-corrected chi connectivity index (χ3v) is 3.54. The van der Waals surface area contributed by atoms with Crippen molar-refractivity contribution in [2.24, 2.45) is 0 Å². The molecule has 0 radical (unpaired) electrons. The van der Waals surface area contributed by atoms with E-state index in [4.69, 9.17) is 14.2 Å². The van der Waals surface area contributed by atoms with E-state index in [1.807, 2.05) is 6.07 Å². The third kappa shape index (κ3) is 3.84. The largest absolute Gasteiger partial charge is 0.457 e. The Hall–Kier alpha value is -3.02. The number of esters is 1. The fourth-order valence-electron chi connectivity index (χ4n) is 2.25. The van der Waals surface area contributed by atoms with Crippen LogP contribution in [-0.2, 0) is 22.7 Å². The lowest BCUT2D eigenvalue weighted by molar-refractivity contribution is -0.119. The van der Waals surface area contributed by atoms with E-state index in [-0.39, 0.29) is 19.3 Å². The molecule has 0 saturated heterocycles. The Balaban J connectivity index is 1.56. The first kappa shape index (κ1) is 15.9. The minimum Gasteiger partial charge on any atom is -0.457 e. The molecule has 0 fully saturated rings. The Morgan fingerprint density at radius 1 is 1.04 bits per heavy atom. The van der Waals surface area contributed by atoms with E-state index >= 15 is 0 Å². The number of amides is 1. The monoisotopic (exact) mass is 327 g/mol. The van der Waals surface area contributed by atoms with Crippen LogP contribution in [0.4, 0.5) is 0 Å². The average Bonchev–Trinajstić information content (AvgIpc) is 3.06. The highest BCUT2D eigenvalue weighted by Gasteiger charge is 2.14. The zero-order valence-electron chi connectivity index (χ0n) is 13.2. The summed E-state index contributed by atoms with van der Waals surface area (Å²) < 4.78 is 15.8. The van der Waals surface area contributed by atoms with E-state index in [1.54, 1.807) is 36.4 Å².